The SMILES string of the molecule is C#CC(N)Cc1ncc(C(C)CC)[nH]1. The molecule has 0 bridgehead atoms. The fourth-order valence-corrected chi connectivity index (χ4v) is 1.22. The predicted octanol–water partition coefficient (Wildman–Crippen LogP) is 1.43. The summed E-state index contributed by atoms with van der Waals surface area (Å²) in [7, 11) is 0. The van der Waals surface area contributed by atoms with Crippen LogP contribution < -0.4 is 5.73 Å². The van der Waals surface area contributed by atoms with Crippen LogP contribution in [0.15, 0.2) is 6.20 Å². The number of nitrogens with zero attached hydrogens (tertiary/aromatic N) is 1. The molecule has 0 radical (unpaired) electrons. The topological polar surface area (TPSA) is 54.7 Å². The zero-order chi connectivity index (χ0) is 10.6. The zero-order valence-corrected chi connectivity index (χ0v) is 8.75. The molecule has 1 heterocycles. The Morgan fingerprint density at radius 2 is 2.43 bits per heavy atom. The van der Waals surface area contributed by atoms with Crippen molar-refractivity contribution in [3.63, 3.8) is 0 Å². The highest BCUT2D eigenvalue weighted by atomic mass is 14.9. The molecular formula is C11H17N3. The van der Waals surface area contributed by atoms with E-state index in [0.717, 1.165) is 17.9 Å². The normalized spacial score (nSPS) is 14.7. The van der Waals surface area contributed by atoms with Gasteiger partial charge in [-0.3, -0.25) is 0 Å². The van der Waals surface area contributed by atoms with Crippen molar-refractivity contribution >= 4 is 0 Å². The Bertz CT molecular complexity index is 322. The molecule has 3 nitrogen and oxygen atoms in total. The van der Waals surface area contributed by atoms with Crippen molar-refractivity contribution in [3.05, 3.63) is 17.7 Å². The smallest absolute Gasteiger partial charge is 0.108 e. The first-order valence-corrected chi connectivity index (χ1v) is 4.92. The lowest BCUT2D eigenvalue weighted by Gasteiger charge is -2.04. The van der Waals surface area contributed by atoms with Gasteiger partial charge in [0, 0.05) is 18.3 Å². The molecule has 0 fully saturated rings. The summed E-state index contributed by atoms with van der Waals surface area (Å²) in [4.78, 5) is 7.48. The standard InChI is InChI=1S/C11H17N3/c1-4-8(3)10-7-13-11(14-10)6-9(12)5-2/h2,7-9H,4,6,12H2,1,3H3,(H,13,14). The number of terminal acetylenes is 1. The van der Waals surface area contributed by atoms with Crippen LogP contribution in [0.25, 0.3) is 0 Å². The minimum atomic E-state index is -0.245. The molecule has 0 aliphatic heterocycles. The molecule has 0 spiro atoms. The lowest BCUT2D eigenvalue weighted by molar-refractivity contribution is 0.705. The van der Waals surface area contributed by atoms with Gasteiger partial charge in [0.15, 0.2) is 0 Å². The largest absolute Gasteiger partial charge is 0.346 e. The highest BCUT2D eigenvalue weighted by Gasteiger charge is 2.08. The van der Waals surface area contributed by atoms with Crippen molar-refractivity contribution < 1.29 is 0 Å². The van der Waals surface area contributed by atoms with Crippen LogP contribution in [-0.4, -0.2) is 16.0 Å². The summed E-state index contributed by atoms with van der Waals surface area (Å²) in [6.07, 6.45) is 8.78. The summed E-state index contributed by atoms with van der Waals surface area (Å²) in [5.41, 5.74) is 6.79. The van der Waals surface area contributed by atoms with Crippen LogP contribution in [0.4, 0.5) is 0 Å². The van der Waals surface area contributed by atoms with Crippen molar-refractivity contribution in [2.24, 2.45) is 5.73 Å². The summed E-state index contributed by atoms with van der Waals surface area (Å²) in [6, 6.07) is -0.245. The summed E-state index contributed by atoms with van der Waals surface area (Å²) >= 11 is 0. The van der Waals surface area contributed by atoms with Crippen molar-refractivity contribution in [3.8, 4) is 12.3 Å². The summed E-state index contributed by atoms with van der Waals surface area (Å²) < 4.78 is 0. The third kappa shape index (κ3) is 2.61. The molecule has 0 saturated carbocycles. The van der Waals surface area contributed by atoms with Crippen molar-refractivity contribution in [1.82, 2.24) is 9.97 Å². The van der Waals surface area contributed by atoms with Gasteiger partial charge in [-0.15, -0.1) is 6.42 Å². The molecular weight excluding hydrogens is 174 g/mol. The molecule has 1 aromatic heterocycles. The van der Waals surface area contributed by atoms with E-state index in [0.29, 0.717) is 12.3 Å². The predicted molar refractivity (Wildman–Crippen MR) is 57.8 cm³/mol. The van der Waals surface area contributed by atoms with Crippen LogP contribution in [0.2, 0.25) is 0 Å². The molecule has 14 heavy (non-hydrogen) atoms. The second-order valence-corrected chi connectivity index (χ2v) is 3.57. The van der Waals surface area contributed by atoms with E-state index in [1.165, 1.54) is 0 Å². The number of imidazole rings is 1. The van der Waals surface area contributed by atoms with Gasteiger partial charge in [0.05, 0.1) is 6.04 Å². The Kier molecular flexibility index (Phi) is 3.73. The first-order valence-electron chi connectivity index (χ1n) is 4.92. The molecule has 2 unspecified atom stereocenters. The average molecular weight is 191 g/mol. The molecule has 0 amide bonds. The molecule has 76 valence electrons. The van der Waals surface area contributed by atoms with E-state index in [-0.39, 0.29) is 6.04 Å². The van der Waals surface area contributed by atoms with Gasteiger partial charge in [-0.2, -0.15) is 0 Å². The molecule has 1 aromatic rings. The number of hydrogen-bond acceptors (Lipinski definition) is 2. The van der Waals surface area contributed by atoms with Crippen LogP contribution in [0.3, 0.4) is 0 Å². The Balaban J connectivity index is 2.64. The maximum atomic E-state index is 5.63. The molecule has 0 aliphatic carbocycles. The Morgan fingerprint density at radius 1 is 1.71 bits per heavy atom. The highest BCUT2D eigenvalue weighted by Crippen LogP contribution is 2.15. The monoisotopic (exact) mass is 191 g/mol. The minimum absolute atomic E-state index is 0.245. The number of nitrogens with two attached hydrogens (primary N) is 1. The van der Waals surface area contributed by atoms with Gasteiger partial charge in [0.25, 0.3) is 0 Å². The van der Waals surface area contributed by atoms with E-state index in [1.807, 2.05) is 6.20 Å². The summed E-state index contributed by atoms with van der Waals surface area (Å²) in [5, 5.41) is 0. The molecule has 0 aliphatic rings. The molecule has 1 rings (SSSR count). The van der Waals surface area contributed by atoms with E-state index in [9.17, 15) is 0 Å². The summed E-state index contributed by atoms with van der Waals surface area (Å²) in [6.45, 7) is 4.32. The van der Waals surface area contributed by atoms with E-state index in [2.05, 4.69) is 29.7 Å². The number of rotatable bonds is 4. The van der Waals surface area contributed by atoms with Crippen LogP contribution in [0, 0.1) is 12.3 Å². The lowest BCUT2D eigenvalue weighted by atomic mass is 10.1. The minimum Gasteiger partial charge on any atom is -0.346 e. The van der Waals surface area contributed by atoms with E-state index in [1.54, 1.807) is 0 Å². The number of aromatic nitrogens is 2. The molecule has 3 heteroatoms. The van der Waals surface area contributed by atoms with Gasteiger partial charge in [-0.1, -0.05) is 19.8 Å². The Labute approximate surface area is 85.1 Å². The van der Waals surface area contributed by atoms with Gasteiger partial charge in [-0.25, -0.2) is 4.98 Å². The van der Waals surface area contributed by atoms with Gasteiger partial charge >= 0.3 is 0 Å². The molecule has 2 atom stereocenters. The Hall–Kier alpha value is -1.27. The quantitative estimate of drug-likeness (QED) is 0.707. The Morgan fingerprint density at radius 3 is 3.00 bits per heavy atom. The second-order valence-electron chi connectivity index (χ2n) is 3.57. The first-order chi connectivity index (χ1) is 6.67. The van der Waals surface area contributed by atoms with Crippen LogP contribution in [0.5, 0.6) is 0 Å². The van der Waals surface area contributed by atoms with Crippen molar-refractivity contribution in [2.45, 2.75) is 38.6 Å². The fourth-order valence-electron chi connectivity index (χ4n) is 1.22. The van der Waals surface area contributed by atoms with Crippen LogP contribution >= 0.6 is 0 Å². The van der Waals surface area contributed by atoms with Crippen molar-refractivity contribution in [1.29, 1.82) is 0 Å². The molecule has 3 N–H and O–H groups in total. The molecule has 0 saturated heterocycles. The van der Waals surface area contributed by atoms with E-state index in [4.69, 9.17) is 12.2 Å². The van der Waals surface area contributed by atoms with E-state index < -0.39 is 0 Å². The van der Waals surface area contributed by atoms with E-state index >= 15 is 0 Å². The van der Waals surface area contributed by atoms with Crippen LogP contribution in [-0.2, 0) is 6.42 Å². The number of hydrogen-bond donors (Lipinski definition) is 2. The number of H-pyrrole nitrogens is 1. The molecule has 0 aromatic carbocycles. The number of aromatic amines is 1. The van der Waals surface area contributed by atoms with Gasteiger partial charge < -0.3 is 10.7 Å². The second kappa shape index (κ2) is 4.83. The first kappa shape index (κ1) is 10.8. The van der Waals surface area contributed by atoms with Crippen molar-refractivity contribution in [2.75, 3.05) is 0 Å². The third-order valence-corrected chi connectivity index (χ3v) is 2.42. The van der Waals surface area contributed by atoms with Crippen LogP contribution in [0.1, 0.15) is 37.7 Å². The third-order valence-electron chi connectivity index (χ3n) is 2.42. The highest BCUT2D eigenvalue weighted by molar-refractivity contribution is 5.10. The van der Waals surface area contributed by atoms with Gasteiger partial charge in [0.2, 0.25) is 0 Å². The maximum Gasteiger partial charge on any atom is 0.108 e. The summed E-state index contributed by atoms with van der Waals surface area (Å²) in [5.74, 6) is 3.88. The van der Waals surface area contributed by atoms with Gasteiger partial charge in [-0.05, 0) is 12.3 Å². The average Bonchev–Trinajstić information content (AvgIpc) is 2.65. The number of nitrogens with one attached hydrogen (secondary N) is 1. The zero-order valence-electron chi connectivity index (χ0n) is 8.75. The van der Waals surface area contributed by atoms with Gasteiger partial charge in [0.1, 0.15) is 5.82 Å². The maximum absolute atomic E-state index is 5.63. The lowest BCUT2D eigenvalue weighted by Crippen LogP contribution is -2.20. The fraction of sp³-hybridized carbons (Fsp3) is 0.545.